The second-order valence-corrected chi connectivity index (χ2v) is 26.5. The van der Waals surface area contributed by atoms with E-state index in [2.05, 4.69) is 65.8 Å². The Morgan fingerprint density at radius 2 is 1.25 bits per heavy atom. The van der Waals surface area contributed by atoms with Crippen LogP contribution in [0.5, 0.6) is 0 Å². The predicted molar refractivity (Wildman–Crippen MR) is 94.2 cm³/mol. The summed E-state index contributed by atoms with van der Waals surface area (Å²) in [5.74, 6) is 0. The van der Waals surface area contributed by atoms with Gasteiger partial charge >= 0.3 is 130 Å². The summed E-state index contributed by atoms with van der Waals surface area (Å²) in [6, 6.07) is 21.9. The van der Waals surface area contributed by atoms with E-state index in [1.807, 2.05) is 37.0 Å². The Balaban J connectivity index is 1.99. The van der Waals surface area contributed by atoms with Crippen LogP contribution in [-0.4, -0.2) is 39.1 Å². The van der Waals surface area contributed by atoms with Crippen molar-refractivity contribution in [1.29, 1.82) is 0 Å². The quantitative estimate of drug-likeness (QED) is 0.575. The van der Waals surface area contributed by atoms with E-state index in [1.54, 1.807) is 0 Å². The molecule has 0 radical (unpaired) electrons. The first-order valence-electron chi connectivity index (χ1n) is 6.46. The van der Waals surface area contributed by atoms with Gasteiger partial charge < -0.3 is 0 Å². The molecule has 2 aromatic rings. The maximum absolute atomic E-state index is 4.56. The van der Waals surface area contributed by atoms with E-state index in [9.17, 15) is 0 Å². The molecule has 1 aliphatic rings. The SMILES string of the molecule is CN(C)N=C1[S][Sn]([c]2ccccc2)([c]2ccccc2)[S]1. The van der Waals surface area contributed by atoms with Gasteiger partial charge in [-0.3, -0.25) is 0 Å². The maximum atomic E-state index is 4.56. The standard InChI is InChI=1S/2C6H5.C3H8N2S2.Sn/c2*1-2-4-6-5-3-1;1-5(2)4-3(6)7;/h2*1-5H;1-2H3,(H2,4,6,7);/q;;;+2/p-2. The molecule has 2 nitrogen and oxygen atoms in total. The van der Waals surface area contributed by atoms with Crippen LogP contribution in [0.15, 0.2) is 65.8 Å². The van der Waals surface area contributed by atoms with Crippen molar-refractivity contribution in [3.63, 3.8) is 0 Å². The zero-order chi connectivity index (χ0) is 14.0. The Morgan fingerprint density at radius 3 is 1.65 bits per heavy atom. The van der Waals surface area contributed by atoms with E-state index in [0.717, 1.165) is 0 Å². The number of nitrogens with zero attached hydrogens (tertiary/aromatic N) is 2. The van der Waals surface area contributed by atoms with Gasteiger partial charge in [0.15, 0.2) is 0 Å². The predicted octanol–water partition coefficient (Wildman–Crippen LogP) is 2.56. The molecule has 1 saturated heterocycles. The summed E-state index contributed by atoms with van der Waals surface area (Å²) in [4.78, 5) is 0. The first-order valence-corrected chi connectivity index (χ1v) is 17.9. The fourth-order valence-electron chi connectivity index (χ4n) is 2.18. The van der Waals surface area contributed by atoms with Crippen LogP contribution in [0, 0.1) is 0 Å². The zero-order valence-electron chi connectivity index (χ0n) is 11.5. The van der Waals surface area contributed by atoms with Crippen molar-refractivity contribution >= 4 is 45.0 Å². The van der Waals surface area contributed by atoms with Gasteiger partial charge in [0.05, 0.1) is 0 Å². The Labute approximate surface area is 129 Å². The molecule has 0 amide bonds. The van der Waals surface area contributed by atoms with E-state index >= 15 is 0 Å². The topological polar surface area (TPSA) is 15.6 Å². The number of hydrazone groups is 1. The van der Waals surface area contributed by atoms with Gasteiger partial charge in [-0.05, 0) is 0 Å². The Morgan fingerprint density at radius 1 is 0.800 bits per heavy atom. The number of benzene rings is 2. The third kappa shape index (κ3) is 2.73. The van der Waals surface area contributed by atoms with Crippen LogP contribution in [-0.2, 0) is 0 Å². The molecule has 1 heterocycles. The van der Waals surface area contributed by atoms with Gasteiger partial charge in [0.1, 0.15) is 0 Å². The third-order valence-electron chi connectivity index (χ3n) is 3.05. The Hall–Kier alpha value is -0.591. The molecule has 2 aromatic carbocycles. The average Bonchev–Trinajstić information content (AvgIpc) is 2.44. The van der Waals surface area contributed by atoms with Crippen LogP contribution in [0.2, 0.25) is 0 Å². The van der Waals surface area contributed by atoms with Gasteiger partial charge in [0, 0.05) is 0 Å². The van der Waals surface area contributed by atoms with Gasteiger partial charge in [0.25, 0.3) is 0 Å². The van der Waals surface area contributed by atoms with Crippen molar-refractivity contribution in [2.75, 3.05) is 14.1 Å². The van der Waals surface area contributed by atoms with Gasteiger partial charge in [0.2, 0.25) is 0 Å². The van der Waals surface area contributed by atoms with Crippen LogP contribution in [0.1, 0.15) is 0 Å². The van der Waals surface area contributed by atoms with Crippen LogP contribution in [0.25, 0.3) is 0 Å². The molecule has 0 spiro atoms. The van der Waals surface area contributed by atoms with E-state index in [4.69, 9.17) is 0 Å². The van der Waals surface area contributed by atoms with Crippen molar-refractivity contribution in [3.05, 3.63) is 60.7 Å². The number of hydrogen-bond donors (Lipinski definition) is 0. The van der Waals surface area contributed by atoms with Crippen LogP contribution in [0.3, 0.4) is 0 Å². The fraction of sp³-hybridized carbons (Fsp3) is 0.133. The number of rotatable bonds is 3. The van der Waals surface area contributed by atoms with Gasteiger partial charge in [-0.15, -0.1) is 0 Å². The van der Waals surface area contributed by atoms with E-state index < -0.39 is 15.6 Å². The van der Waals surface area contributed by atoms with Crippen molar-refractivity contribution in [2.45, 2.75) is 0 Å². The molecular weight excluding hydrogens is 391 g/mol. The zero-order valence-corrected chi connectivity index (χ0v) is 16.0. The second kappa shape index (κ2) is 6.03. The molecule has 0 unspecified atom stereocenters. The van der Waals surface area contributed by atoms with Gasteiger partial charge in [-0.2, -0.15) is 0 Å². The molecule has 1 fully saturated rings. The fourth-order valence-corrected chi connectivity index (χ4v) is 27.4. The van der Waals surface area contributed by atoms with Crippen molar-refractivity contribution in [1.82, 2.24) is 5.01 Å². The molecule has 5 heteroatoms. The summed E-state index contributed by atoms with van der Waals surface area (Å²) in [6.45, 7) is 0. The van der Waals surface area contributed by atoms with Crippen LogP contribution < -0.4 is 7.16 Å². The first-order chi connectivity index (χ1) is 9.71. The summed E-state index contributed by atoms with van der Waals surface area (Å²) in [6.07, 6.45) is 0. The second-order valence-electron chi connectivity index (χ2n) is 4.77. The molecule has 0 aliphatic carbocycles. The molecule has 0 aromatic heterocycles. The summed E-state index contributed by atoms with van der Waals surface area (Å²) in [5.41, 5.74) is 0. The van der Waals surface area contributed by atoms with Crippen LogP contribution >= 0.6 is 17.9 Å². The summed E-state index contributed by atoms with van der Waals surface area (Å²) < 4.78 is 4.26. The van der Waals surface area contributed by atoms with Crippen molar-refractivity contribution in [2.24, 2.45) is 5.10 Å². The molecule has 0 atom stereocenters. The molecular formula is C15H16N2S2Sn. The average molecular weight is 407 g/mol. The van der Waals surface area contributed by atoms with Crippen molar-refractivity contribution in [3.8, 4) is 0 Å². The minimum absolute atomic E-state index is 1.21. The first kappa shape index (κ1) is 14.4. The molecule has 0 saturated carbocycles. The monoisotopic (exact) mass is 408 g/mol. The molecule has 20 heavy (non-hydrogen) atoms. The third-order valence-corrected chi connectivity index (χ3v) is 31.3. The Bertz CT molecular complexity index is 565. The summed E-state index contributed by atoms with van der Waals surface area (Å²) in [7, 11) is 8.04. The molecule has 102 valence electrons. The van der Waals surface area contributed by atoms with E-state index in [-0.39, 0.29) is 0 Å². The van der Waals surface area contributed by atoms with Gasteiger partial charge in [-0.1, -0.05) is 0 Å². The Kier molecular flexibility index (Phi) is 4.33. The van der Waals surface area contributed by atoms with Crippen LogP contribution in [0.4, 0.5) is 0 Å². The molecule has 0 bridgehead atoms. The molecule has 1 aliphatic heterocycles. The molecule has 3 rings (SSSR count). The van der Waals surface area contributed by atoms with E-state index in [1.165, 1.54) is 11.5 Å². The van der Waals surface area contributed by atoms with Crippen molar-refractivity contribution < 1.29 is 0 Å². The minimum atomic E-state index is -2.61. The van der Waals surface area contributed by atoms with Gasteiger partial charge in [-0.25, -0.2) is 0 Å². The summed E-state index contributed by atoms with van der Waals surface area (Å²) in [5, 5.41) is 6.45. The summed E-state index contributed by atoms with van der Waals surface area (Å²) >= 11 is -2.61. The normalized spacial score (nSPS) is 16.4. The number of hydrogen-bond acceptors (Lipinski definition) is 4. The molecule has 0 N–H and O–H groups in total. The van der Waals surface area contributed by atoms with E-state index in [0.29, 0.717) is 0 Å².